The number of rotatable bonds is 1. The highest BCUT2D eigenvalue weighted by Crippen LogP contribution is 2.39. The first-order valence-electron chi connectivity index (χ1n) is 7.52. The molecular weight excluding hydrogens is 318 g/mol. The van der Waals surface area contributed by atoms with E-state index in [1.165, 1.54) is 11.3 Å². The van der Waals surface area contributed by atoms with Crippen molar-refractivity contribution in [2.75, 3.05) is 0 Å². The lowest BCUT2D eigenvalue weighted by molar-refractivity contribution is 1.24. The van der Waals surface area contributed by atoms with E-state index in [0.29, 0.717) is 5.56 Å². The number of H-pyrrole nitrogens is 1. The number of pyridine rings is 2. The first-order valence-corrected chi connectivity index (χ1v) is 8.34. The number of benzene rings is 1. The van der Waals surface area contributed by atoms with E-state index < -0.39 is 0 Å². The van der Waals surface area contributed by atoms with Gasteiger partial charge in [0.25, 0.3) is 5.56 Å². The van der Waals surface area contributed by atoms with E-state index in [1.54, 1.807) is 0 Å². The number of aromatic amines is 1. The summed E-state index contributed by atoms with van der Waals surface area (Å²) in [6, 6.07) is 13.6. The fourth-order valence-electron chi connectivity index (χ4n) is 3.13. The average molecular weight is 331 g/mol. The van der Waals surface area contributed by atoms with Crippen LogP contribution in [0.1, 0.15) is 16.8 Å². The normalized spacial score (nSPS) is 11.0. The second kappa shape index (κ2) is 5.29. The van der Waals surface area contributed by atoms with Gasteiger partial charge in [-0.15, -0.1) is 11.3 Å². The number of aryl methyl sites for hydroxylation is 2. The molecule has 5 heteroatoms. The van der Waals surface area contributed by atoms with Crippen LogP contribution in [0, 0.1) is 25.2 Å². The summed E-state index contributed by atoms with van der Waals surface area (Å²) in [7, 11) is 0. The molecule has 0 radical (unpaired) electrons. The molecule has 1 aromatic carbocycles. The van der Waals surface area contributed by atoms with E-state index in [4.69, 9.17) is 0 Å². The third-order valence-electron chi connectivity index (χ3n) is 4.10. The van der Waals surface area contributed by atoms with Crippen molar-refractivity contribution in [3.8, 4) is 17.2 Å². The Kier molecular flexibility index (Phi) is 3.22. The largest absolute Gasteiger partial charge is 0.319 e. The molecule has 0 atom stereocenters. The van der Waals surface area contributed by atoms with Crippen LogP contribution in [0.5, 0.6) is 0 Å². The molecule has 116 valence electrons. The topological polar surface area (TPSA) is 69.5 Å². The lowest BCUT2D eigenvalue weighted by Gasteiger charge is -2.05. The molecule has 4 aromatic rings. The lowest BCUT2D eigenvalue weighted by Crippen LogP contribution is -2.11. The van der Waals surface area contributed by atoms with Gasteiger partial charge in [-0.2, -0.15) is 5.26 Å². The quantitative estimate of drug-likeness (QED) is 0.565. The molecule has 0 saturated carbocycles. The maximum Gasteiger partial charge on any atom is 0.267 e. The van der Waals surface area contributed by atoms with Crippen LogP contribution in [-0.4, -0.2) is 9.97 Å². The summed E-state index contributed by atoms with van der Waals surface area (Å²) in [5.41, 5.74) is 4.13. The Morgan fingerprint density at radius 3 is 2.67 bits per heavy atom. The molecule has 3 heterocycles. The van der Waals surface area contributed by atoms with Crippen molar-refractivity contribution in [1.29, 1.82) is 5.26 Å². The summed E-state index contributed by atoms with van der Waals surface area (Å²) in [5.74, 6) is 0. The van der Waals surface area contributed by atoms with Crippen LogP contribution < -0.4 is 5.56 Å². The summed E-state index contributed by atoms with van der Waals surface area (Å²) in [6.07, 6.45) is 0. The Hall–Kier alpha value is -2.97. The third kappa shape index (κ3) is 2.04. The van der Waals surface area contributed by atoms with Crippen LogP contribution >= 0.6 is 11.3 Å². The molecule has 3 aromatic heterocycles. The van der Waals surface area contributed by atoms with Crippen LogP contribution in [0.15, 0.2) is 41.2 Å². The van der Waals surface area contributed by atoms with Gasteiger partial charge in [-0.3, -0.25) is 4.79 Å². The van der Waals surface area contributed by atoms with E-state index in [2.05, 4.69) is 16.0 Å². The number of fused-ring (bicyclic) bond motifs is 3. The predicted molar refractivity (Wildman–Crippen MR) is 97.4 cm³/mol. The Balaban J connectivity index is 2.27. The van der Waals surface area contributed by atoms with Crippen molar-refractivity contribution in [1.82, 2.24) is 9.97 Å². The van der Waals surface area contributed by atoms with Gasteiger partial charge in [-0.25, -0.2) is 4.98 Å². The molecule has 0 unspecified atom stereocenters. The molecule has 1 N–H and O–H groups in total. The van der Waals surface area contributed by atoms with Gasteiger partial charge >= 0.3 is 0 Å². The molecular formula is C19H13N3OS. The summed E-state index contributed by atoms with van der Waals surface area (Å²) in [6.45, 7) is 3.97. The number of thiophene rings is 1. The summed E-state index contributed by atoms with van der Waals surface area (Å²) in [4.78, 5) is 20.9. The monoisotopic (exact) mass is 331 g/mol. The predicted octanol–water partition coefficient (Wildman–Crippen LogP) is 4.29. The van der Waals surface area contributed by atoms with Gasteiger partial charge in [0.1, 0.15) is 16.5 Å². The lowest BCUT2D eigenvalue weighted by atomic mass is 10.0. The summed E-state index contributed by atoms with van der Waals surface area (Å²) < 4.78 is 0.897. The van der Waals surface area contributed by atoms with Crippen molar-refractivity contribution in [3.63, 3.8) is 0 Å². The first-order chi connectivity index (χ1) is 11.6. The van der Waals surface area contributed by atoms with Crippen molar-refractivity contribution in [2.24, 2.45) is 0 Å². The third-order valence-corrected chi connectivity index (χ3v) is 5.21. The molecule has 4 rings (SSSR count). The summed E-state index contributed by atoms with van der Waals surface area (Å²) in [5, 5.41) is 10.5. The highest BCUT2D eigenvalue weighted by atomic mass is 32.1. The molecule has 0 aliphatic rings. The van der Waals surface area contributed by atoms with Gasteiger partial charge in [-0.1, -0.05) is 30.3 Å². The Morgan fingerprint density at radius 1 is 1.21 bits per heavy atom. The van der Waals surface area contributed by atoms with Gasteiger partial charge in [-0.05, 0) is 31.0 Å². The van der Waals surface area contributed by atoms with Gasteiger partial charge in [0.2, 0.25) is 0 Å². The van der Waals surface area contributed by atoms with Crippen LogP contribution in [0.2, 0.25) is 0 Å². The van der Waals surface area contributed by atoms with Crippen molar-refractivity contribution >= 4 is 31.8 Å². The molecule has 0 spiro atoms. The number of nitriles is 1. The molecule has 0 bridgehead atoms. The zero-order chi connectivity index (χ0) is 16.8. The smallest absolute Gasteiger partial charge is 0.267 e. The molecule has 0 amide bonds. The van der Waals surface area contributed by atoms with E-state index in [0.717, 1.165) is 37.3 Å². The van der Waals surface area contributed by atoms with E-state index >= 15 is 0 Å². The Morgan fingerprint density at radius 2 is 1.96 bits per heavy atom. The molecule has 0 aliphatic heterocycles. The van der Waals surface area contributed by atoms with Gasteiger partial charge < -0.3 is 4.98 Å². The van der Waals surface area contributed by atoms with Gasteiger partial charge in [0.05, 0.1) is 10.2 Å². The minimum Gasteiger partial charge on any atom is -0.319 e. The minimum absolute atomic E-state index is 0.148. The minimum atomic E-state index is -0.358. The fourth-order valence-corrected chi connectivity index (χ4v) is 4.45. The second-order valence-corrected chi connectivity index (χ2v) is 6.75. The van der Waals surface area contributed by atoms with Crippen LogP contribution in [0.3, 0.4) is 0 Å². The van der Waals surface area contributed by atoms with Crippen LogP contribution in [-0.2, 0) is 0 Å². The maximum absolute atomic E-state index is 12.5. The molecule has 4 nitrogen and oxygen atoms in total. The average Bonchev–Trinajstić information content (AvgIpc) is 2.92. The van der Waals surface area contributed by atoms with Crippen LogP contribution in [0.4, 0.5) is 0 Å². The SMILES string of the molecule is Cc1cc(C)c2c(n1)sc1c(-c3ccccc3)c(C#N)c(=O)[nH]c12. The molecule has 0 fully saturated rings. The highest BCUT2D eigenvalue weighted by molar-refractivity contribution is 7.26. The fraction of sp³-hybridized carbons (Fsp3) is 0.105. The first kappa shape index (κ1) is 14.6. The molecule has 0 aliphatic carbocycles. The maximum atomic E-state index is 12.5. The summed E-state index contributed by atoms with van der Waals surface area (Å²) >= 11 is 1.52. The second-order valence-electron chi connectivity index (χ2n) is 5.75. The number of nitrogens with one attached hydrogen (secondary N) is 1. The van der Waals surface area contributed by atoms with Gasteiger partial charge in [0.15, 0.2) is 0 Å². The number of aromatic nitrogens is 2. The molecule has 24 heavy (non-hydrogen) atoms. The zero-order valence-corrected chi connectivity index (χ0v) is 14.0. The van der Waals surface area contributed by atoms with Crippen molar-refractivity contribution in [2.45, 2.75) is 13.8 Å². The van der Waals surface area contributed by atoms with Crippen molar-refractivity contribution < 1.29 is 0 Å². The molecule has 0 saturated heterocycles. The van der Waals surface area contributed by atoms with E-state index in [9.17, 15) is 10.1 Å². The number of hydrogen-bond donors (Lipinski definition) is 1. The van der Waals surface area contributed by atoms with E-state index in [1.807, 2.05) is 50.2 Å². The standard InChI is InChI=1S/C19H13N3OS/c1-10-8-11(2)21-19-14(10)16-17(24-19)15(12-6-4-3-5-7-12)13(9-20)18(23)22-16/h3-8H,1-2H3,(H,22,23). The van der Waals surface area contributed by atoms with Crippen LogP contribution in [0.25, 0.3) is 31.6 Å². The Labute approximate surface area is 142 Å². The van der Waals surface area contributed by atoms with Crippen molar-refractivity contribution in [3.05, 3.63) is 63.6 Å². The van der Waals surface area contributed by atoms with Gasteiger partial charge in [0, 0.05) is 16.6 Å². The highest BCUT2D eigenvalue weighted by Gasteiger charge is 2.19. The zero-order valence-electron chi connectivity index (χ0n) is 13.2. The Bertz CT molecular complexity index is 1200. The van der Waals surface area contributed by atoms with E-state index in [-0.39, 0.29) is 11.1 Å². The number of hydrogen-bond acceptors (Lipinski definition) is 4. The number of nitrogens with zero attached hydrogens (tertiary/aromatic N) is 2.